The number of thioether (sulfide) groups is 1. The Morgan fingerprint density at radius 1 is 1.26 bits per heavy atom. The van der Waals surface area contributed by atoms with Crippen molar-refractivity contribution in [3.05, 3.63) is 31.9 Å². The van der Waals surface area contributed by atoms with Crippen LogP contribution in [0.15, 0.2) is 9.70 Å². The third-order valence-corrected chi connectivity index (χ3v) is 6.85. The summed E-state index contributed by atoms with van der Waals surface area (Å²) in [6, 6.07) is 1.99. The molecule has 0 saturated carbocycles. The van der Waals surface area contributed by atoms with E-state index < -0.39 is 5.97 Å². The zero-order valence-electron chi connectivity index (χ0n) is 17.5. The first kappa shape index (κ1) is 23.0. The second kappa shape index (κ2) is 9.21. The van der Waals surface area contributed by atoms with E-state index in [1.165, 1.54) is 9.47 Å². The van der Waals surface area contributed by atoms with Crippen LogP contribution >= 0.6 is 24.0 Å². The molecule has 3 heterocycles. The Morgan fingerprint density at radius 2 is 1.90 bits per heavy atom. The van der Waals surface area contributed by atoms with Crippen LogP contribution in [0.5, 0.6) is 0 Å². The van der Waals surface area contributed by atoms with Crippen molar-refractivity contribution < 1.29 is 14.7 Å². The number of nitrogens with zero attached hydrogens (tertiary/aromatic N) is 5. The van der Waals surface area contributed by atoms with Gasteiger partial charge in [0.15, 0.2) is 0 Å². The van der Waals surface area contributed by atoms with E-state index in [0.717, 1.165) is 24.9 Å². The molecule has 0 aliphatic carbocycles. The van der Waals surface area contributed by atoms with E-state index >= 15 is 0 Å². The predicted molar refractivity (Wildman–Crippen MR) is 123 cm³/mol. The SMILES string of the molecule is Cc1c(C=C2SC(=S)N(CCC(=O)O)C2=O)c(N2CCN(C)CC2)n(C)c(=O)c1C#N. The van der Waals surface area contributed by atoms with Crippen LogP contribution in [0.4, 0.5) is 5.82 Å². The van der Waals surface area contributed by atoms with Crippen LogP contribution in [0, 0.1) is 18.3 Å². The van der Waals surface area contributed by atoms with E-state index in [1.54, 1.807) is 20.0 Å². The molecule has 9 nitrogen and oxygen atoms in total. The first-order chi connectivity index (χ1) is 14.6. The van der Waals surface area contributed by atoms with Crippen LogP contribution in [0.2, 0.25) is 0 Å². The molecule has 2 fully saturated rings. The summed E-state index contributed by atoms with van der Waals surface area (Å²) in [6.07, 6.45) is 1.47. The third kappa shape index (κ3) is 4.51. The largest absolute Gasteiger partial charge is 0.481 e. The summed E-state index contributed by atoms with van der Waals surface area (Å²) in [7, 11) is 3.66. The molecule has 1 amide bonds. The van der Waals surface area contributed by atoms with Gasteiger partial charge in [-0.2, -0.15) is 5.26 Å². The van der Waals surface area contributed by atoms with Crippen LogP contribution in [-0.2, 0) is 16.6 Å². The second-order valence-electron chi connectivity index (χ2n) is 7.48. The standard InChI is InChI=1S/C20H23N5O4S2/c1-12-13(10-15-19(29)25(20(30)31-15)5-4-16(26)27)17(23(3)18(28)14(12)11-21)24-8-6-22(2)7-9-24/h10H,4-9H2,1-3H3,(H,26,27). The van der Waals surface area contributed by atoms with Crippen molar-refractivity contribution in [2.45, 2.75) is 13.3 Å². The van der Waals surface area contributed by atoms with Crippen LogP contribution < -0.4 is 10.5 Å². The first-order valence-electron chi connectivity index (χ1n) is 9.70. The van der Waals surface area contributed by atoms with Crippen molar-refractivity contribution in [1.29, 1.82) is 5.26 Å². The summed E-state index contributed by atoms with van der Waals surface area (Å²) in [5.74, 6) is -0.722. The van der Waals surface area contributed by atoms with E-state index in [-0.39, 0.29) is 30.0 Å². The highest BCUT2D eigenvalue weighted by atomic mass is 32.2. The molecule has 0 radical (unpaired) electrons. The van der Waals surface area contributed by atoms with Crippen molar-refractivity contribution >= 4 is 52.1 Å². The van der Waals surface area contributed by atoms with Gasteiger partial charge >= 0.3 is 5.97 Å². The minimum Gasteiger partial charge on any atom is -0.481 e. The maximum absolute atomic E-state index is 12.9. The lowest BCUT2D eigenvalue weighted by atomic mass is 10.0. The summed E-state index contributed by atoms with van der Waals surface area (Å²) in [6.45, 7) is 4.76. The number of piperazine rings is 1. The quantitative estimate of drug-likeness (QED) is 0.507. The van der Waals surface area contributed by atoms with Gasteiger partial charge in [0.1, 0.15) is 21.8 Å². The molecule has 11 heteroatoms. The molecule has 2 aliphatic heterocycles. The van der Waals surface area contributed by atoms with Gasteiger partial charge in [-0.05, 0) is 25.6 Å². The van der Waals surface area contributed by atoms with Crippen LogP contribution in [0.25, 0.3) is 6.08 Å². The van der Waals surface area contributed by atoms with Gasteiger partial charge < -0.3 is 14.9 Å². The minimum atomic E-state index is -1.01. The van der Waals surface area contributed by atoms with E-state index in [2.05, 4.69) is 9.80 Å². The van der Waals surface area contributed by atoms with Gasteiger partial charge in [0.25, 0.3) is 11.5 Å². The number of pyridine rings is 1. The van der Waals surface area contributed by atoms with Gasteiger partial charge in [0, 0.05) is 45.3 Å². The summed E-state index contributed by atoms with van der Waals surface area (Å²) >= 11 is 6.37. The highest BCUT2D eigenvalue weighted by Crippen LogP contribution is 2.35. The summed E-state index contributed by atoms with van der Waals surface area (Å²) in [4.78, 5) is 42.5. The summed E-state index contributed by atoms with van der Waals surface area (Å²) in [5, 5.41) is 18.5. The number of nitriles is 1. The van der Waals surface area contributed by atoms with Crippen molar-refractivity contribution in [2.24, 2.45) is 7.05 Å². The molecule has 1 aromatic heterocycles. The molecule has 31 heavy (non-hydrogen) atoms. The number of aliphatic carboxylic acids is 1. The first-order valence-corrected chi connectivity index (χ1v) is 10.9. The summed E-state index contributed by atoms with van der Waals surface area (Å²) in [5.41, 5.74) is 0.797. The van der Waals surface area contributed by atoms with Crippen LogP contribution in [0.1, 0.15) is 23.1 Å². The van der Waals surface area contributed by atoms with Gasteiger partial charge in [0.05, 0.1) is 11.3 Å². The average Bonchev–Trinajstić information content (AvgIpc) is 2.99. The number of amides is 1. The molecule has 0 bridgehead atoms. The van der Waals surface area contributed by atoms with E-state index in [9.17, 15) is 19.6 Å². The molecular weight excluding hydrogens is 438 g/mol. The average molecular weight is 462 g/mol. The zero-order valence-corrected chi connectivity index (χ0v) is 19.2. The second-order valence-corrected chi connectivity index (χ2v) is 9.16. The van der Waals surface area contributed by atoms with Crippen molar-refractivity contribution in [3.8, 4) is 6.07 Å². The summed E-state index contributed by atoms with van der Waals surface area (Å²) < 4.78 is 1.76. The van der Waals surface area contributed by atoms with Crippen LogP contribution in [0.3, 0.4) is 0 Å². The van der Waals surface area contributed by atoms with Crippen LogP contribution in [-0.4, -0.2) is 75.4 Å². The molecule has 1 N–H and O–H groups in total. The van der Waals surface area contributed by atoms with Crippen molar-refractivity contribution in [3.63, 3.8) is 0 Å². The van der Waals surface area contributed by atoms with Gasteiger partial charge in [-0.25, -0.2) is 0 Å². The van der Waals surface area contributed by atoms with E-state index in [0.29, 0.717) is 39.3 Å². The minimum absolute atomic E-state index is 0.00163. The Morgan fingerprint density at radius 3 is 2.48 bits per heavy atom. The number of carbonyl (C=O) groups excluding carboxylic acids is 1. The number of anilines is 1. The number of hydrogen-bond acceptors (Lipinski definition) is 8. The molecule has 1 aromatic rings. The highest BCUT2D eigenvalue weighted by Gasteiger charge is 2.33. The number of carboxylic acid groups (broad SMARTS) is 1. The molecule has 2 saturated heterocycles. The van der Waals surface area contributed by atoms with Crippen molar-refractivity contribution in [1.82, 2.24) is 14.4 Å². The Balaban J connectivity index is 2.10. The molecular formula is C20H23N5O4S2. The number of carboxylic acids is 1. The monoisotopic (exact) mass is 461 g/mol. The van der Waals surface area contributed by atoms with Gasteiger partial charge in [-0.3, -0.25) is 23.9 Å². The predicted octanol–water partition coefficient (Wildman–Crippen LogP) is 0.993. The Labute approximate surface area is 189 Å². The van der Waals surface area contributed by atoms with Gasteiger partial charge in [0.2, 0.25) is 0 Å². The fraction of sp³-hybridized carbons (Fsp3) is 0.450. The molecule has 0 aromatic carbocycles. The number of likely N-dealkylation sites (N-methyl/N-ethyl adjacent to an activating group) is 1. The smallest absolute Gasteiger partial charge is 0.305 e. The number of thiocarbonyl (C=S) groups is 1. The fourth-order valence-electron chi connectivity index (χ4n) is 3.64. The number of carbonyl (C=O) groups is 2. The number of hydrogen-bond donors (Lipinski definition) is 1. The van der Waals surface area contributed by atoms with Crippen molar-refractivity contribution in [2.75, 3.05) is 44.7 Å². The normalized spacial score (nSPS) is 18.7. The maximum atomic E-state index is 12.9. The Kier molecular flexibility index (Phi) is 6.83. The molecule has 3 rings (SSSR count). The van der Waals surface area contributed by atoms with Gasteiger partial charge in [-0.15, -0.1) is 0 Å². The Hall–Kier alpha value is -2.68. The highest BCUT2D eigenvalue weighted by molar-refractivity contribution is 8.26. The van der Waals surface area contributed by atoms with Gasteiger partial charge in [-0.1, -0.05) is 24.0 Å². The maximum Gasteiger partial charge on any atom is 0.305 e. The number of aromatic nitrogens is 1. The topological polar surface area (TPSA) is 110 Å². The third-order valence-electron chi connectivity index (χ3n) is 5.47. The number of rotatable bonds is 5. The molecule has 0 spiro atoms. The van der Waals surface area contributed by atoms with E-state index in [4.69, 9.17) is 17.3 Å². The van der Waals surface area contributed by atoms with E-state index in [1.807, 2.05) is 13.1 Å². The molecule has 2 aliphatic rings. The lowest BCUT2D eigenvalue weighted by Gasteiger charge is -2.36. The molecule has 0 unspecified atom stereocenters. The molecule has 0 atom stereocenters. The lowest BCUT2D eigenvalue weighted by Crippen LogP contribution is -2.46. The Bertz CT molecular complexity index is 1080. The fourth-order valence-corrected chi connectivity index (χ4v) is 4.93. The molecule has 164 valence electrons. The lowest BCUT2D eigenvalue weighted by molar-refractivity contribution is -0.137. The zero-order chi connectivity index (χ0) is 22.9.